The SMILES string of the molecule is COc1ccc(-n2ncc3c2C(=O)N(c2ccc(C4(CCN(C)C)CCC4)cc2)CC3)cc1. The lowest BCUT2D eigenvalue weighted by molar-refractivity contribution is 0.0973. The fourth-order valence-corrected chi connectivity index (χ4v) is 5.14. The number of carbonyl (C=O) groups excluding carboxylic acids is 1. The monoisotopic (exact) mass is 444 g/mol. The standard InChI is InChI=1S/C27H32N4O2/c1-29(2)18-16-27(14-4-15-27)21-5-7-22(8-6-21)30-17-13-20-19-28-31(25(20)26(30)32)23-9-11-24(33-3)12-10-23/h5-12,19H,4,13-18H2,1-3H3. The summed E-state index contributed by atoms with van der Waals surface area (Å²) in [6, 6.07) is 16.4. The van der Waals surface area contributed by atoms with Crippen molar-refractivity contribution < 1.29 is 9.53 Å². The van der Waals surface area contributed by atoms with Crippen LogP contribution in [0.2, 0.25) is 0 Å². The number of nitrogens with zero attached hydrogens (tertiary/aromatic N) is 4. The number of carbonyl (C=O) groups is 1. The van der Waals surface area contributed by atoms with Crippen LogP contribution in [-0.4, -0.2) is 54.9 Å². The Labute approximate surface area is 195 Å². The number of hydrogen-bond donors (Lipinski definition) is 0. The minimum absolute atomic E-state index is 0.00304. The van der Waals surface area contributed by atoms with Gasteiger partial charge in [0.25, 0.3) is 5.91 Å². The zero-order valence-electron chi connectivity index (χ0n) is 19.8. The summed E-state index contributed by atoms with van der Waals surface area (Å²) in [6.07, 6.45) is 7.62. The third-order valence-corrected chi connectivity index (χ3v) is 7.35. The molecular formula is C27H32N4O2. The van der Waals surface area contributed by atoms with Gasteiger partial charge in [0.15, 0.2) is 0 Å². The van der Waals surface area contributed by atoms with Crippen molar-refractivity contribution in [1.29, 1.82) is 0 Å². The van der Waals surface area contributed by atoms with Crippen molar-refractivity contribution in [1.82, 2.24) is 14.7 Å². The lowest BCUT2D eigenvalue weighted by atomic mass is 9.62. The molecule has 0 N–H and O–H groups in total. The first kappa shape index (κ1) is 21.7. The summed E-state index contributed by atoms with van der Waals surface area (Å²) in [4.78, 5) is 17.7. The molecule has 1 aromatic heterocycles. The Bertz CT molecular complexity index is 1130. The Kier molecular flexibility index (Phi) is 5.71. The number of hydrogen-bond acceptors (Lipinski definition) is 4. The zero-order chi connectivity index (χ0) is 23.0. The topological polar surface area (TPSA) is 50.6 Å². The van der Waals surface area contributed by atoms with E-state index >= 15 is 0 Å². The number of ether oxygens (including phenoxy) is 1. The summed E-state index contributed by atoms with van der Waals surface area (Å²) < 4.78 is 7.01. The highest BCUT2D eigenvalue weighted by molar-refractivity contribution is 6.07. The van der Waals surface area contributed by atoms with E-state index in [2.05, 4.69) is 48.4 Å². The van der Waals surface area contributed by atoms with Crippen LogP contribution < -0.4 is 9.64 Å². The molecule has 1 amide bonds. The molecule has 6 nitrogen and oxygen atoms in total. The summed E-state index contributed by atoms with van der Waals surface area (Å²) >= 11 is 0. The molecule has 1 aliphatic carbocycles. The average molecular weight is 445 g/mol. The van der Waals surface area contributed by atoms with Gasteiger partial charge in [-0.3, -0.25) is 4.79 Å². The van der Waals surface area contributed by atoms with Gasteiger partial charge >= 0.3 is 0 Å². The Hall–Kier alpha value is -3.12. The second kappa shape index (κ2) is 8.67. The predicted octanol–water partition coefficient (Wildman–Crippen LogP) is 4.46. The Morgan fingerprint density at radius 2 is 1.73 bits per heavy atom. The van der Waals surface area contributed by atoms with E-state index in [4.69, 9.17) is 4.74 Å². The molecule has 1 aliphatic heterocycles. The van der Waals surface area contributed by atoms with Crippen LogP contribution in [0.3, 0.4) is 0 Å². The van der Waals surface area contributed by atoms with Gasteiger partial charge in [-0.15, -0.1) is 0 Å². The molecule has 2 aromatic carbocycles. The van der Waals surface area contributed by atoms with Crippen molar-refractivity contribution in [2.24, 2.45) is 0 Å². The lowest BCUT2D eigenvalue weighted by Crippen LogP contribution is -2.39. The van der Waals surface area contributed by atoms with Crippen molar-refractivity contribution in [3.63, 3.8) is 0 Å². The summed E-state index contributed by atoms with van der Waals surface area (Å²) in [5, 5.41) is 4.53. The van der Waals surface area contributed by atoms with Gasteiger partial charge in [0.2, 0.25) is 0 Å². The summed E-state index contributed by atoms with van der Waals surface area (Å²) in [5.41, 5.74) is 5.18. The van der Waals surface area contributed by atoms with Crippen LogP contribution in [0.1, 0.15) is 47.3 Å². The van der Waals surface area contributed by atoms with E-state index < -0.39 is 0 Å². The first-order valence-corrected chi connectivity index (χ1v) is 11.8. The van der Waals surface area contributed by atoms with Gasteiger partial charge in [-0.25, -0.2) is 4.68 Å². The Morgan fingerprint density at radius 1 is 1.03 bits per heavy atom. The van der Waals surface area contributed by atoms with Gasteiger partial charge in [0.05, 0.1) is 19.0 Å². The molecule has 0 atom stereocenters. The van der Waals surface area contributed by atoms with Crippen molar-refractivity contribution in [3.05, 3.63) is 71.5 Å². The van der Waals surface area contributed by atoms with Gasteiger partial charge in [-0.1, -0.05) is 18.6 Å². The van der Waals surface area contributed by atoms with E-state index in [0.717, 1.165) is 35.7 Å². The van der Waals surface area contributed by atoms with Gasteiger partial charge in [-0.2, -0.15) is 5.10 Å². The molecule has 33 heavy (non-hydrogen) atoms. The first-order valence-electron chi connectivity index (χ1n) is 11.8. The van der Waals surface area contributed by atoms with Crippen LogP contribution in [0.4, 0.5) is 5.69 Å². The van der Waals surface area contributed by atoms with Crippen LogP contribution in [0.15, 0.2) is 54.7 Å². The Balaban J connectivity index is 1.39. The van der Waals surface area contributed by atoms with Gasteiger partial charge in [-0.05, 0) is 93.7 Å². The van der Waals surface area contributed by atoms with E-state index in [1.54, 1.807) is 11.8 Å². The molecule has 5 rings (SSSR count). The van der Waals surface area contributed by atoms with Gasteiger partial charge < -0.3 is 14.5 Å². The van der Waals surface area contributed by atoms with Crippen LogP contribution in [0.25, 0.3) is 5.69 Å². The molecule has 2 heterocycles. The van der Waals surface area contributed by atoms with Crippen molar-refractivity contribution in [3.8, 4) is 11.4 Å². The Morgan fingerprint density at radius 3 is 2.33 bits per heavy atom. The first-order chi connectivity index (χ1) is 16.0. The van der Waals surface area contributed by atoms with Crippen LogP contribution in [-0.2, 0) is 11.8 Å². The zero-order valence-corrected chi connectivity index (χ0v) is 19.8. The van der Waals surface area contributed by atoms with Gasteiger partial charge in [0.1, 0.15) is 11.4 Å². The van der Waals surface area contributed by atoms with E-state index in [1.807, 2.05) is 35.4 Å². The third-order valence-electron chi connectivity index (χ3n) is 7.35. The van der Waals surface area contributed by atoms with Crippen LogP contribution in [0, 0.1) is 0 Å². The molecule has 0 saturated heterocycles. The second-order valence-corrected chi connectivity index (χ2v) is 9.57. The predicted molar refractivity (Wildman–Crippen MR) is 131 cm³/mol. The van der Waals surface area contributed by atoms with Crippen molar-refractivity contribution >= 4 is 11.6 Å². The van der Waals surface area contributed by atoms with Crippen LogP contribution in [0.5, 0.6) is 5.75 Å². The van der Waals surface area contributed by atoms with E-state index in [-0.39, 0.29) is 5.91 Å². The largest absolute Gasteiger partial charge is 0.497 e. The number of benzene rings is 2. The molecule has 0 spiro atoms. The molecular weight excluding hydrogens is 412 g/mol. The summed E-state index contributed by atoms with van der Waals surface area (Å²) in [7, 11) is 5.93. The minimum Gasteiger partial charge on any atom is -0.497 e. The highest BCUT2D eigenvalue weighted by Gasteiger charge is 2.38. The molecule has 6 heteroatoms. The minimum atomic E-state index is 0.00304. The molecule has 1 saturated carbocycles. The highest BCUT2D eigenvalue weighted by Crippen LogP contribution is 2.47. The molecule has 0 unspecified atom stereocenters. The molecule has 3 aromatic rings. The highest BCUT2D eigenvalue weighted by atomic mass is 16.5. The number of fused-ring (bicyclic) bond motifs is 1. The van der Waals surface area contributed by atoms with E-state index in [1.165, 1.54) is 31.2 Å². The molecule has 0 bridgehead atoms. The van der Waals surface area contributed by atoms with E-state index in [9.17, 15) is 4.79 Å². The quantitative estimate of drug-likeness (QED) is 0.540. The lowest BCUT2D eigenvalue weighted by Gasteiger charge is -2.43. The second-order valence-electron chi connectivity index (χ2n) is 9.57. The van der Waals surface area contributed by atoms with Crippen molar-refractivity contribution in [2.75, 3.05) is 39.2 Å². The maximum atomic E-state index is 13.6. The molecule has 172 valence electrons. The fourth-order valence-electron chi connectivity index (χ4n) is 5.14. The number of anilines is 1. The summed E-state index contributed by atoms with van der Waals surface area (Å²) in [6.45, 7) is 1.77. The molecule has 2 aliphatic rings. The third kappa shape index (κ3) is 3.93. The number of amides is 1. The molecule has 1 fully saturated rings. The van der Waals surface area contributed by atoms with Gasteiger partial charge in [0, 0.05) is 17.8 Å². The fraction of sp³-hybridized carbons (Fsp3) is 0.407. The van der Waals surface area contributed by atoms with E-state index in [0.29, 0.717) is 17.7 Å². The maximum Gasteiger partial charge on any atom is 0.277 e. The average Bonchev–Trinajstić information content (AvgIpc) is 3.24. The van der Waals surface area contributed by atoms with Crippen molar-refractivity contribution in [2.45, 2.75) is 37.5 Å². The van der Waals surface area contributed by atoms with Crippen LogP contribution >= 0.6 is 0 Å². The normalized spacial score (nSPS) is 17.1. The number of aromatic nitrogens is 2. The smallest absolute Gasteiger partial charge is 0.277 e. The molecule has 0 radical (unpaired) electrons. The maximum absolute atomic E-state index is 13.6. The number of methoxy groups -OCH3 is 1. The number of rotatable bonds is 7. The summed E-state index contributed by atoms with van der Waals surface area (Å²) in [5.74, 6) is 0.783.